The number of likely N-dealkylation sites (tertiary alicyclic amines) is 1. The van der Waals surface area contributed by atoms with Gasteiger partial charge in [0.1, 0.15) is 12.4 Å². The molecule has 2 aliphatic rings. The third-order valence-electron chi connectivity index (χ3n) is 8.25. The second-order valence-corrected chi connectivity index (χ2v) is 10.7. The fourth-order valence-corrected chi connectivity index (χ4v) is 6.05. The zero-order valence-corrected chi connectivity index (χ0v) is 22.4. The number of carbonyl (C=O) groups excluding carboxylic acids is 1. The van der Waals surface area contributed by atoms with Crippen LogP contribution in [0.2, 0.25) is 0 Å². The maximum Gasteiger partial charge on any atom is 0.167 e. The molecule has 7 heteroatoms. The lowest BCUT2D eigenvalue weighted by molar-refractivity contribution is 0.0647. The van der Waals surface area contributed by atoms with Crippen molar-refractivity contribution >= 4 is 11.5 Å². The molecule has 39 heavy (non-hydrogen) atoms. The van der Waals surface area contributed by atoms with Crippen molar-refractivity contribution in [3.8, 4) is 5.75 Å². The number of carbonyl (C=O) groups is 1. The minimum atomic E-state index is -0.850. The highest BCUT2D eigenvalue weighted by Gasteiger charge is 2.52. The molecule has 1 saturated heterocycles. The number of hydrogen-bond acceptors (Lipinski definition) is 5. The smallest absolute Gasteiger partial charge is 0.167 e. The number of halogens is 2. The van der Waals surface area contributed by atoms with Gasteiger partial charge < -0.3 is 14.9 Å². The summed E-state index contributed by atoms with van der Waals surface area (Å²) in [4.78, 5) is 16.2. The van der Waals surface area contributed by atoms with E-state index in [0.29, 0.717) is 68.9 Å². The minimum absolute atomic E-state index is 0.0930. The van der Waals surface area contributed by atoms with Crippen molar-refractivity contribution in [3.05, 3.63) is 100 Å². The molecule has 1 atom stereocenters. The van der Waals surface area contributed by atoms with Gasteiger partial charge in [-0.05, 0) is 80.7 Å². The Labute approximate surface area is 228 Å². The van der Waals surface area contributed by atoms with Gasteiger partial charge >= 0.3 is 0 Å². The Balaban J connectivity index is 1.39. The van der Waals surface area contributed by atoms with Gasteiger partial charge in [0.25, 0.3) is 0 Å². The lowest BCUT2D eigenvalue weighted by Gasteiger charge is -2.49. The van der Waals surface area contributed by atoms with Crippen LogP contribution in [0, 0.1) is 35.3 Å². The van der Waals surface area contributed by atoms with E-state index in [4.69, 9.17) is 9.47 Å². The number of rotatable bonds is 8. The third kappa shape index (κ3) is 5.52. The Morgan fingerprint density at radius 1 is 0.923 bits per heavy atom. The van der Waals surface area contributed by atoms with Gasteiger partial charge in [0, 0.05) is 41.8 Å². The van der Waals surface area contributed by atoms with E-state index in [2.05, 4.69) is 4.90 Å². The zero-order chi connectivity index (χ0) is 27.6. The van der Waals surface area contributed by atoms with Crippen LogP contribution in [0.25, 0.3) is 0 Å². The Hall–Kier alpha value is -3.42. The van der Waals surface area contributed by atoms with Gasteiger partial charge in [-0.25, -0.2) is 8.78 Å². The van der Waals surface area contributed by atoms with Crippen molar-refractivity contribution in [2.45, 2.75) is 32.7 Å². The SMILES string of the molecule is COCCOc1ccc(CC2C(=O)c3ccc(C)cc3C(=N)C23CCN(Cc2ccc(F)c(F)c2)CC3)cc1. The van der Waals surface area contributed by atoms with Crippen molar-refractivity contribution < 1.29 is 23.0 Å². The van der Waals surface area contributed by atoms with Crippen LogP contribution in [0.15, 0.2) is 60.7 Å². The van der Waals surface area contributed by atoms with E-state index in [9.17, 15) is 19.0 Å². The molecule has 5 rings (SSSR count). The number of hydrogen-bond donors (Lipinski definition) is 1. The largest absolute Gasteiger partial charge is 0.491 e. The number of nitrogens with zero attached hydrogens (tertiary/aromatic N) is 1. The summed E-state index contributed by atoms with van der Waals surface area (Å²) in [5, 5.41) is 9.37. The van der Waals surface area contributed by atoms with Gasteiger partial charge in [-0.3, -0.25) is 9.69 Å². The van der Waals surface area contributed by atoms with E-state index in [0.717, 1.165) is 28.5 Å². The van der Waals surface area contributed by atoms with Gasteiger partial charge in [0.15, 0.2) is 17.4 Å². The molecule has 1 unspecified atom stereocenters. The van der Waals surface area contributed by atoms with Crippen LogP contribution in [0.1, 0.15) is 45.5 Å². The summed E-state index contributed by atoms with van der Waals surface area (Å²) in [6.07, 6.45) is 1.84. The molecule has 5 nitrogen and oxygen atoms in total. The maximum absolute atomic E-state index is 14.0. The van der Waals surface area contributed by atoms with Gasteiger partial charge in [-0.1, -0.05) is 35.9 Å². The van der Waals surface area contributed by atoms with Crippen LogP contribution in [0.5, 0.6) is 5.75 Å². The van der Waals surface area contributed by atoms with Crippen LogP contribution in [0.3, 0.4) is 0 Å². The fraction of sp³-hybridized carbons (Fsp3) is 0.375. The lowest BCUT2D eigenvalue weighted by Crippen LogP contribution is -2.54. The van der Waals surface area contributed by atoms with E-state index >= 15 is 0 Å². The van der Waals surface area contributed by atoms with Crippen molar-refractivity contribution in [2.75, 3.05) is 33.4 Å². The average molecular weight is 533 g/mol. The number of ketones is 1. The van der Waals surface area contributed by atoms with E-state index in [1.54, 1.807) is 13.2 Å². The maximum atomic E-state index is 14.0. The third-order valence-corrected chi connectivity index (χ3v) is 8.25. The van der Waals surface area contributed by atoms with Crippen molar-refractivity contribution in [1.82, 2.24) is 4.90 Å². The number of nitrogens with one attached hydrogen (secondary N) is 1. The van der Waals surface area contributed by atoms with Crippen LogP contribution < -0.4 is 4.74 Å². The molecule has 1 heterocycles. The molecule has 3 aromatic carbocycles. The first-order chi connectivity index (χ1) is 18.8. The number of benzene rings is 3. The quantitative estimate of drug-likeness (QED) is 0.361. The highest BCUT2D eigenvalue weighted by molar-refractivity contribution is 6.18. The van der Waals surface area contributed by atoms with Crippen molar-refractivity contribution in [2.24, 2.45) is 11.3 Å². The number of ether oxygens (including phenoxy) is 2. The molecule has 1 aliphatic heterocycles. The number of Topliss-reactive ketones (excluding diaryl/α,β-unsaturated/α-hetero) is 1. The summed E-state index contributed by atoms with van der Waals surface area (Å²) in [7, 11) is 1.63. The zero-order valence-electron chi connectivity index (χ0n) is 22.4. The molecule has 204 valence electrons. The van der Waals surface area contributed by atoms with Gasteiger partial charge in [0.2, 0.25) is 0 Å². The molecular weight excluding hydrogens is 498 g/mol. The van der Waals surface area contributed by atoms with Crippen LogP contribution >= 0.6 is 0 Å². The normalized spacial score (nSPS) is 18.8. The highest BCUT2D eigenvalue weighted by atomic mass is 19.2. The number of fused-ring (bicyclic) bond motifs is 1. The van der Waals surface area contributed by atoms with Crippen molar-refractivity contribution in [3.63, 3.8) is 0 Å². The van der Waals surface area contributed by atoms with Gasteiger partial charge in [-0.15, -0.1) is 0 Å². The number of piperidine rings is 1. The summed E-state index contributed by atoms with van der Waals surface area (Å²) < 4.78 is 37.9. The van der Waals surface area contributed by atoms with E-state index in [1.165, 1.54) is 6.07 Å². The van der Waals surface area contributed by atoms with Crippen LogP contribution in [0.4, 0.5) is 8.78 Å². The molecule has 0 saturated carbocycles. The molecule has 1 N–H and O–H groups in total. The summed E-state index contributed by atoms with van der Waals surface area (Å²) in [6, 6.07) is 17.6. The van der Waals surface area contributed by atoms with E-state index in [-0.39, 0.29) is 11.7 Å². The van der Waals surface area contributed by atoms with Gasteiger partial charge in [-0.2, -0.15) is 0 Å². The minimum Gasteiger partial charge on any atom is -0.491 e. The average Bonchev–Trinajstić information content (AvgIpc) is 2.94. The molecule has 1 spiro atoms. The Kier molecular flexibility index (Phi) is 7.91. The summed E-state index contributed by atoms with van der Waals surface area (Å²) >= 11 is 0. The van der Waals surface area contributed by atoms with E-state index in [1.807, 2.05) is 49.4 Å². The monoisotopic (exact) mass is 532 g/mol. The Bertz CT molecular complexity index is 1360. The van der Waals surface area contributed by atoms with Crippen LogP contribution in [-0.4, -0.2) is 49.8 Å². The Morgan fingerprint density at radius 3 is 2.33 bits per heavy atom. The molecule has 0 radical (unpaired) electrons. The van der Waals surface area contributed by atoms with E-state index < -0.39 is 17.0 Å². The van der Waals surface area contributed by atoms with Gasteiger partial charge in [0.05, 0.1) is 6.61 Å². The molecule has 0 amide bonds. The lowest BCUT2D eigenvalue weighted by atomic mass is 9.57. The fourth-order valence-electron chi connectivity index (χ4n) is 6.05. The molecule has 0 aromatic heterocycles. The summed E-state index contributed by atoms with van der Waals surface area (Å²) in [5.41, 5.74) is 4.09. The predicted molar refractivity (Wildman–Crippen MR) is 147 cm³/mol. The predicted octanol–water partition coefficient (Wildman–Crippen LogP) is 6.00. The number of aryl methyl sites for hydroxylation is 1. The first-order valence-corrected chi connectivity index (χ1v) is 13.4. The first kappa shape index (κ1) is 27.2. The molecule has 1 fully saturated rings. The first-order valence-electron chi connectivity index (χ1n) is 13.4. The summed E-state index contributed by atoms with van der Waals surface area (Å²) in [6.45, 7) is 4.79. The highest BCUT2D eigenvalue weighted by Crippen LogP contribution is 2.49. The Morgan fingerprint density at radius 2 is 1.64 bits per heavy atom. The summed E-state index contributed by atoms with van der Waals surface area (Å²) in [5.74, 6) is -1.21. The van der Waals surface area contributed by atoms with Crippen molar-refractivity contribution in [1.29, 1.82) is 5.41 Å². The molecule has 3 aromatic rings. The second-order valence-electron chi connectivity index (χ2n) is 10.7. The molecule has 0 bridgehead atoms. The second kappa shape index (κ2) is 11.4. The molecular formula is C32H34F2N2O3. The van der Waals surface area contributed by atoms with Crippen LogP contribution in [-0.2, 0) is 17.7 Å². The topological polar surface area (TPSA) is 62.6 Å². The standard InChI is InChI=1S/C32H34F2N2O3/c1-21-3-9-25-26(17-21)31(35)32(11-13-36(14-12-32)20-23-6-10-28(33)29(34)19-23)27(30(25)37)18-22-4-7-24(8-5-22)39-16-15-38-2/h3-10,17,19,27,35H,11-16,18,20H2,1-2H3. The molecule has 1 aliphatic carbocycles. The number of methoxy groups -OCH3 is 1.